The lowest BCUT2D eigenvalue weighted by Gasteiger charge is -2.38. The first kappa shape index (κ1) is 19.3. The highest BCUT2D eigenvalue weighted by Gasteiger charge is 2.41. The molecule has 32 heavy (non-hydrogen) atoms. The number of nitrogens with zero attached hydrogens (tertiary/aromatic N) is 2. The molecule has 0 saturated heterocycles. The topological polar surface area (TPSA) is 41.8 Å². The lowest BCUT2D eigenvalue weighted by atomic mass is 9.87. The van der Waals surface area contributed by atoms with E-state index in [1.165, 1.54) is 46.1 Å². The van der Waals surface area contributed by atoms with Crippen molar-refractivity contribution in [2.75, 3.05) is 38.2 Å². The summed E-state index contributed by atoms with van der Waals surface area (Å²) in [7, 11) is -0.393. The molecule has 0 aromatic heterocycles. The fraction of sp³-hybridized carbons (Fsp3) is 0.500. The van der Waals surface area contributed by atoms with Crippen molar-refractivity contribution >= 4 is 19.0 Å². The molecule has 6 heteroatoms. The van der Waals surface area contributed by atoms with Crippen molar-refractivity contribution in [3.63, 3.8) is 0 Å². The van der Waals surface area contributed by atoms with Crippen LogP contribution >= 0.6 is 8.03 Å². The number of fused-ring (bicyclic) bond motifs is 4. The van der Waals surface area contributed by atoms with E-state index in [4.69, 9.17) is 9.26 Å². The quantitative estimate of drug-likeness (QED) is 0.522. The van der Waals surface area contributed by atoms with Crippen molar-refractivity contribution in [3.05, 3.63) is 50.5 Å². The van der Waals surface area contributed by atoms with Gasteiger partial charge in [0.2, 0.25) is 10.7 Å². The molecule has 5 aliphatic rings. The van der Waals surface area contributed by atoms with Crippen molar-refractivity contribution in [1.82, 2.24) is 4.58 Å². The van der Waals surface area contributed by atoms with E-state index >= 15 is 0 Å². The van der Waals surface area contributed by atoms with Crippen LogP contribution in [0, 0.1) is 0 Å². The summed E-state index contributed by atoms with van der Waals surface area (Å²) in [4.78, 5) is 2.55. The third-order valence-electron chi connectivity index (χ3n) is 8.01. The first-order valence-corrected chi connectivity index (χ1v) is 13.4. The third-order valence-corrected chi connectivity index (χ3v) is 9.19. The lowest BCUT2D eigenvalue weighted by molar-refractivity contribution is 0.419. The monoisotopic (exact) mass is 448 g/mol. The van der Waals surface area contributed by atoms with Crippen LogP contribution in [0.2, 0.25) is 0 Å². The van der Waals surface area contributed by atoms with Gasteiger partial charge in [0.25, 0.3) is 0 Å². The normalized spacial score (nSPS) is 20.7. The smallest absolute Gasteiger partial charge is 0.455 e. The highest BCUT2D eigenvalue weighted by Crippen LogP contribution is 2.52. The van der Waals surface area contributed by atoms with E-state index in [0.29, 0.717) is 0 Å². The Hall–Kier alpha value is -2.23. The van der Waals surface area contributed by atoms with Crippen molar-refractivity contribution in [3.8, 4) is 11.5 Å². The second-order valence-electron chi connectivity index (χ2n) is 9.76. The van der Waals surface area contributed by atoms with Crippen LogP contribution in [0.1, 0.15) is 53.5 Å². The predicted molar refractivity (Wildman–Crippen MR) is 126 cm³/mol. The van der Waals surface area contributed by atoms with Gasteiger partial charge in [0.1, 0.15) is 24.6 Å². The number of benzene rings is 2. The van der Waals surface area contributed by atoms with Gasteiger partial charge in [0.15, 0.2) is 0 Å². The maximum absolute atomic E-state index is 13.4. The molecule has 1 atom stereocenters. The first-order valence-electron chi connectivity index (χ1n) is 12.2. The van der Waals surface area contributed by atoms with Gasteiger partial charge in [0.05, 0.1) is 23.5 Å². The van der Waals surface area contributed by atoms with Gasteiger partial charge in [-0.25, -0.2) is 4.58 Å². The van der Waals surface area contributed by atoms with Crippen LogP contribution < -0.4 is 24.8 Å². The largest absolute Gasteiger partial charge is 0.550 e. The van der Waals surface area contributed by atoms with Crippen LogP contribution in [0.4, 0.5) is 5.69 Å². The zero-order valence-electron chi connectivity index (χ0n) is 18.7. The zero-order chi connectivity index (χ0) is 21.4. The average molecular weight is 449 g/mol. The second-order valence-corrected chi connectivity index (χ2v) is 11.1. The summed E-state index contributed by atoms with van der Waals surface area (Å²) in [6.45, 7) is 4.52. The van der Waals surface area contributed by atoms with E-state index in [9.17, 15) is 4.57 Å². The first-order chi connectivity index (χ1) is 15.7. The van der Waals surface area contributed by atoms with E-state index in [1.807, 2.05) is 0 Å². The van der Waals surface area contributed by atoms with E-state index in [2.05, 4.69) is 21.6 Å². The highest BCUT2D eigenvalue weighted by molar-refractivity contribution is 7.51. The molecule has 5 heterocycles. The SMILES string of the molecule is CO[P+](=O)C1=c2cc3c4c(c2Oc2c1cc1c5c2CCCN5CCC1)CCC[N+]=4CCC3. The average Bonchev–Trinajstić information content (AvgIpc) is 2.83. The molecule has 0 aliphatic carbocycles. The number of ether oxygens (including phenoxy) is 1. The summed E-state index contributed by atoms with van der Waals surface area (Å²) >= 11 is 0. The molecule has 0 saturated carbocycles. The van der Waals surface area contributed by atoms with Gasteiger partial charge >= 0.3 is 8.03 Å². The Morgan fingerprint density at radius 2 is 1.69 bits per heavy atom. The van der Waals surface area contributed by atoms with E-state index in [1.54, 1.807) is 7.11 Å². The van der Waals surface area contributed by atoms with Crippen LogP contribution in [0.25, 0.3) is 5.31 Å². The van der Waals surface area contributed by atoms with Crippen LogP contribution in [-0.2, 0) is 34.8 Å². The number of aryl methyl sites for hydroxylation is 2. The molecule has 1 unspecified atom stereocenters. The Labute approximate surface area is 189 Å². The van der Waals surface area contributed by atoms with Crippen molar-refractivity contribution in [1.29, 1.82) is 0 Å². The van der Waals surface area contributed by atoms with Gasteiger partial charge in [-0.05, 0) is 60.8 Å². The molecule has 0 amide bonds. The minimum Gasteiger partial charge on any atom is -0.455 e. The van der Waals surface area contributed by atoms with Gasteiger partial charge in [-0.2, -0.15) is 0 Å². The van der Waals surface area contributed by atoms with Crippen molar-refractivity contribution < 1.29 is 13.8 Å². The molecule has 0 spiro atoms. The Balaban J connectivity index is 1.60. The predicted octanol–water partition coefficient (Wildman–Crippen LogP) is 3.42. The molecule has 5 nitrogen and oxygen atoms in total. The van der Waals surface area contributed by atoms with Gasteiger partial charge in [-0.15, -0.1) is 4.52 Å². The summed E-state index contributed by atoms with van der Waals surface area (Å²) in [5, 5.41) is 3.25. The van der Waals surface area contributed by atoms with E-state index in [-0.39, 0.29) is 0 Å². The summed E-state index contributed by atoms with van der Waals surface area (Å²) in [5.41, 5.74) is 7.82. The number of hydrogen-bond donors (Lipinski definition) is 0. The van der Waals surface area contributed by atoms with Crippen LogP contribution in [0.15, 0.2) is 12.1 Å². The molecule has 0 radical (unpaired) electrons. The highest BCUT2D eigenvalue weighted by atomic mass is 31.1. The summed E-state index contributed by atoms with van der Waals surface area (Å²) in [6, 6.07) is 4.54. The lowest BCUT2D eigenvalue weighted by Crippen LogP contribution is -2.45. The van der Waals surface area contributed by atoms with Crippen LogP contribution in [0.5, 0.6) is 11.5 Å². The maximum atomic E-state index is 13.4. The minimum absolute atomic E-state index is 0.849. The van der Waals surface area contributed by atoms with E-state index in [0.717, 1.165) is 92.3 Å². The fourth-order valence-corrected chi connectivity index (χ4v) is 7.69. The standard InChI is InChI=1S/C26H29N2O3P/c1-30-32(29)26-20-14-16-6-2-10-27-12-4-8-18(22(16)27)24(20)31-25-19-9-5-13-28-11-3-7-17(23(19)28)15-21(25)26/h14-15H,2-13H2,1H3/q+2. The van der Waals surface area contributed by atoms with Gasteiger partial charge in [0, 0.05) is 42.7 Å². The summed E-state index contributed by atoms with van der Waals surface area (Å²) < 4.78 is 28.3. The molecule has 0 fully saturated rings. The Morgan fingerprint density at radius 3 is 2.53 bits per heavy atom. The maximum Gasteiger partial charge on any atom is 0.550 e. The third kappa shape index (κ3) is 2.58. The summed E-state index contributed by atoms with van der Waals surface area (Å²) in [5.74, 6) is 1.89. The van der Waals surface area contributed by atoms with Gasteiger partial charge < -0.3 is 9.64 Å². The summed E-state index contributed by atoms with van der Waals surface area (Å²) in [6.07, 6.45) is 8.89. The molecule has 164 valence electrons. The van der Waals surface area contributed by atoms with Crippen LogP contribution in [0.3, 0.4) is 0 Å². The Kier molecular flexibility index (Phi) is 4.29. The molecule has 0 N–H and O–H groups in total. The Bertz CT molecular complexity index is 1320. The number of rotatable bonds is 2. The molecule has 2 aromatic carbocycles. The number of hydrogen-bond acceptors (Lipinski definition) is 4. The molecular weight excluding hydrogens is 419 g/mol. The zero-order valence-corrected chi connectivity index (χ0v) is 19.6. The second kappa shape index (κ2) is 7.13. The fourth-order valence-electron chi connectivity index (χ4n) is 6.78. The van der Waals surface area contributed by atoms with E-state index < -0.39 is 8.03 Å². The molecule has 0 bridgehead atoms. The van der Waals surface area contributed by atoms with Crippen molar-refractivity contribution in [2.45, 2.75) is 51.4 Å². The Morgan fingerprint density at radius 1 is 0.938 bits per heavy atom. The molecular formula is C26H29N2O3P+2. The van der Waals surface area contributed by atoms with Gasteiger partial charge in [-0.3, -0.25) is 0 Å². The van der Waals surface area contributed by atoms with Gasteiger partial charge in [-0.1, -0.05) is 0 Å². The number of anilines is 1. The molecule has 7 rings (SSSR count). The van der Waals surface area contributed by atoms with Crippen molar-refractivity contribution in [2.24, 2.45) is 0 Å². The molecule has 5 aliphatic heterocycles. The molecule has 2 aromatic rings. The van der Waals surface area contributed by atoms with Crippen LogP contribution in [-0.4, -0.2) is 33.3 Å². The minimum atomic E-state index is -1.96.